The highest BCUT2D eigenvalue weighted by atomic mass is 32.2. The second kappa shape index (κ2) is 7.61. The molecule has 3 heterocycles. The minimum absolute atomic E-state index is 0.663. The van der Waals surface area contributed by atoms with Gasteiger partial charge in [0.05, 0.1) is 16.5 Å². The largest absolute Gasteiger partial charge is 0.369 e. The van der Waals surface area contributed by atoms with Crippen molar-refractivity contribution in [3.05, 3.63) is 36.0 Å². The van der Waals surface area contributed by atoms with E-state index in [1.807, 2.05) is 6.07 Å². The van der Waals surface area contributed by atoms with Crippen molar-refractivity contribution in [3.8, 4) is 0 Å². The molecule has 2 aliphatic rings. The maximum Gasteiger partial charge on any atom is 0.227 e. The molecule has 1 aromatic heterocycles. The molecule has 1 saturated heterocycles. The van der Waals surface area contributed by atoms with E-state index in [2.05, 4.69) is 46.3 Å². The molecular weight excluding hydrogens is 346 g/mol. The standard InChI is InChI=1S/C19H25N5OS/c1-2-9-20-18-17-16(8-14-26(17)25)21-19(22-18)24-12-10-23(11-13-24)15-6-4-3-5-7-15/h3-7H,2,8-14H2,1H3,(H,20,21,22). The Morgan fingerprint density at radius 2 is 1.81 bits per heavy atom. The second-order valence-corrected chi connectivity index (χ2v) is 8.19. The van der Waals surface area contributed by atoms with E-state index < -0.39 is 10.8 Å². The monoisotopic (exact) mass is 371 g/mol. The molecule has 1 unspecified atom stereocenters. The minimum Gasteiger partial charge on any atom is -0.369 e. The van der Waals surface area contributed by atoms with Crippen LogP contribution in [0.1, 0.15) is 19.0 Å². The first-order valence-electron chi connectivity index (χ1n) is 9.34. The van der Waals surface area contributed by atoms with Gasteiger partial charge in [-0.15, -0.1) is 0 Å². The molecule has 0 amide bonds. The highest BCUT2D eigenvalue weighted by Gasteiger charge is 2.28. The van der Waals surface area contributed by atoms with Gasteiger partial charge in [-0.1, -0.05) is 25.1 Å². The summed E-state index contributed by atoms with van der Waals surface area (Å²) in [5.41, 5.74) is 2.22. The van der Waals surface area contributed by atoms with Crippen molar-refractivity contribution in [1.82, 2.24) is 9.97 Å². The summed E-state index contributed by atoms with van der Waals surface area (Å²) in [6.07, 6.45) is 1.79. The van der Waals surface area contributed by atoms with Gasteiger partial charge >= 0.3 is 0 Å². The van der Waals surface area contributed by atoms with E-state index in [9.17, 15) is 4.21 Å². The van der Waals surface area contributed by atoms with Crippen molar-refractivity contribution in [2.45, 2.75) is 24.7 Å². The average molecular weight is 372 g/mol. The first-order valence-corrected chi connectivity index (χ1v) is 10.7. The number of fused-ring (bicyclic) bond motifs is 1. The molecular formula is C19H25N5OS. The molecule has 4 rings (SSSR count). The van der Waals surface area contributed by atoms with Gasteiger partial charge in [0.25, 0.3) is 0 Å². The number of hydrogen-bond donors (Lipinski definition) is 1. The number of piperazine rings is 1. The molecule has 1 fully saturated rings. The van der Waals surface area contributed by atoms with E-state index in [1.54, 1.807) is 0 Å². The maximum absolute atomic E-state index is 12.3. The lowest BCUT2D eigenvalue weighted by Crippen LogP contribution is -2.47. The molecule has 0 spiro atoms. The van der Waals surface area contributed by atoms with E-state index in [4.69, 9.17) is 9.97 Å². The van der Waals surface area contributed by atoms with Crippen molar-refractivity contribution in [2.24, 2.45) is 0 Å². The molecule has 1 N–H and O–H groups in total. The molecule has 26 heavy (non-hydrogen) atoms. The third-order valence-corrected chi connectivity index (χ3v) is 6.36. The number of para-hydroxylation sites is 1. The van der Waals surface area contributed by atoms with Crippen molar-refractivity contribution in [3.63, 3.8) is 0 Å². The second-order valence-electron chi connectivity index (χ2n) is 6.68. The molecule has 0 bridgehead atoms. The summed E-state index contributed by atoms with van der Waals surface area (Å²) < 4.78 is 12.3. The van der Waals surface area contributed by atoms with Gasteiger partial charge in [-0.05, 0) is 18.6 Å². The van der Waals surface area contributed by atoms with E-state index in [0.717, 1.165) is 67.9 Å². The quantitative estimate of drug-likeness (QED) is 0.870. The zero-order valence-corrected chi connectivity index (χ0v) is 16.0. The summed E-state index contributed by atoms with van der Waals surface area (Å²) in [7, 11) is -0.971. The van der Waals surface area contributed by atoms with Crippen LogP contribution in [-0.2, 0) is 17.2 Å². The van der Waals surface area contributed by atoms with Crippen LogP contribution in [-0.4, -0.2) is 52.7 Å². The molecule has 0 saturated carbocycles. The summed E-state index contributed by atoms with van der Waals surface area (Å²) >= 11 is 0. The predicted molar refractivity (Wildman–Crippen MR) is 107 cm³/mol. The third kappa shape index (κ3) is 3.40. The Kier molecular flexibility index (Phi) is 5.06. The lowest BCUT2D eigenvalue weighted by molar-refractivity contribution is 0.637. The van der Waals surface area contributed by atoms with Gasteiger partial charge in [0, 0.05) is 50.6 Å². The fourth-order valence-corrected chi connectivity index (χ4v) is 4.82. The van der Waals surface area contributed by atoms with Gasteiger partial charge in [-0.3, -0.25) is 4.21 Å². The van der Waals surface area contributed by atoms with E-state index in [-0.39, 0.29) is 0 Å². The van der Waals surface area contributed by atoms with Crippen LogP contribution in [0.25, 0.3) is 0 Å². The summed E-state index contributed by atoms with van der Waals surface area (Å²) in [5.74, 6) is 2.21. The Morgan fingerprint density at radius 3 is 2.54 bits per heavy atom. The molecule has 1 aromatic carbocycles. The third-order valence-electron chi connectivity index (χ3n) is 4.90. The van der Waals surface area contributed by atoms with Crippen molar-refractivity contribution >= 4 is 28.3 Å². The number of anilines is 3. The number of benzene rings is 1. The van der Waals surface area contributed by atoms with Crippen LogP contribution in [0.4, 0.5) is 17.5 Å². The zero-order valence-electron chi connectivity index (χ0n) is 15.1. The highest BCUT2D eigenvalue weighted by Crippen LogP contribution is 2.30. The van der Waals surface area contributed by atoms with Crippen LogP contribution in [0.15, 0.2) is 35.2 Å². The number of aryl methyl sites for hydroxylation is 1. The maximum atomic E-state index is 12.3. The number of rotatable bonds is 5. The molecule has 0 aliphatic carbocycles. The molecule has 1 atom stereocenters. The van der Waals surface area contributed by atoms with E-state index in [0.29, 0.717) is 5.75 Å². The number of nitrogens with zero attached hydrogens (tertiary/aromatic N) is 4. The molecule has 6 nitrogen and oxygen atoms in total. The zero-order chi connectivity index (χ0) is 17.9. The first-order chi connectivity index (χ1) is 12.8. The van der Waals surface area contributed by atoms with Crippen molar-refractivity contribution in [1.29, 1.82) is 0 Å². The molecule has 138 valence electrons. The Morgan fingerprint density at radius 1 is 1.08 bits per heavy atom. The van der Waals surface area contributed by atoms with Crippen molar-refractivity contribution < 1.29 is 4.21 Å². The molecule has 2 aliphatic heterocycles. The summed E-state index contributed by atoms with van der Waals surface area (Å²) in [4.78, 5) is 15.0. The number of nitrogens with one attached hydrogen (secondary N) is 1. The van der Waals surface area contributed by atoms with Crippen LogP contribution in [0.5, 0.6) is 0 Å². The molecule has 0 radical (unpaired) electrons. The Bertz CT molecular complexity index is 790. The van der Waals surface area contributed by atoms with Gasteiger partial charge < -0.3 is 15.1 Å². The van der Waals surface area contributed by atoms with Crippen LogP contribution >= 0.6 is 0 Å². The van der Waals surface area contributed by atoms with Gasteiger partial charge in [0.15, 0.2) is 0 Å². The van der Waals surface area contributed by atoms with Crippen LogP contribution in [0.3, 0.4) is 0 Å². The van der Waals surface area contributed by atoms with Crippen LogP contribution in [0.2, 0.25) is 0 Å². The fourth-order valence-electron chi connectivity index (χ4n) is 3.49. The smallest absolute Gasteiger partial charge is 0.227 e. The Labute approximate surface area is 157 Å². The van der Waals surface area contributed by atoms with Crippen LogP contribution < -0.4 is 15.1 Å². The fraction of sp³-hybridized carbons (Fsp3) is 0.474. The average Bonchev–Trinajstić information content (AvgIpc) is 3.08. The predicted octanol–water partition coefficient (Wildman–Crippen LogP) is 2.29. The van der Waals surface area contributed by atoms with Gasteiger partial charge in [0.2, 0.25) is 5.95 Å². The van der Waals surface area contributed by atoms with E-state index in [1.165, 1.54) is 5.69 Å². The molecule has 2 aromatic rings. The van der Waals surface area contributed by atoms with Crippen molar-refractivity contribution in [2.75, 3.05) is 53.6 Å². The van der Waals surface area contributed by atoms with E-state index >= 15 is 0 Å². The van der Waals surface area contributed by atoms with Gasteiger partial charge in [-0.25, -0.2) is 4.98 Å². The molecule has 7 heteroatoms. The highest BCUT2D eigenvalue weighted by molar-refractivity contribution is 7.85. The summed E-state index contributed by atoms with van der Waals surface area (Å²) in [5, 5.41) is 3.36. The summed E-state index contributed by atoms with van der Waals surface area (Å²) in [6.45, 7) is 6.65. The SMILES string of the molecule is CCCNc1nc(N2CCN(c3ccccc3)CC2)nc2c1S(=O)CC2. The van der Waals surface area contributed by atoms with Crippen LogP contribution in [0, 0.1) is 0 Å². The summed E-state index contributed by atoms with van der Waals surface area (Å²) in [6, 6.07) is 10.5. The number of aromatic nitrogens is 2. The van der Waals surface area contributed by atoms with Gasteiger partial charge in [0.1, 0.15) is 10.7 Å². The lowest BCUT2D eigenvalue weighted by Gasteiger charge is -2.36. The Balaban J connectivity index is 1.52. The van der Waals surface area contributed by atoms with Gasteiger partial charge in [-0.2, -0.15) is 4.98 Å². The first kappa shape index (κ1) is 17.3. The lowest BCUT2D eigenvalue weighted by atomic mass is 10.2. The minimum atomic E-state index is -0.971. The topological polar surface area (TPSA) is 61.4 Å². The normalized spacial score (nSPS) is 19.5. The number of hydrogen-bond acceptors (Lipinski definition) is 6. The Hall–Kier alpha value is -2.15.